The van der Waals surface area contributed by atoms with Gasteiger partial charge in [-0.1, -0.05) is 90.4 Å². The van der Waals surface area contributed by atoms with Gasteiger partial charge in [-0.25, -0.2) is 0 Å². The molecule has 0 spiro atoms. The summed E-state index contributed by atoms with van der Waals surface area (Å²) in [5.41, 5.74) is 11.8. The van der Waals surface area contributed by atoms with E-state index < -0.39 is 0 Å². The molecule has 0 aliphatic heterocycles. The van der Waals surface area contributed by atoms with Crippen molar-refractivity contribution >= 4 is 93.6 Å². The second-order valence-electron chi connectivity index (χ2n) is 11.9. The van der Waals surface area contributed by atoms with Gasteiger partial charge in [0.1, 0.15) is 0 Å². The molecule has 0 bridgehead atoms. The molecule has 9 aromatic rings. The van der Waals surface area contributed by atoms with Gasteiger partial charge in [0.2, 0.25) is 5.14 Å². The molecular formula is C42H29BIN3. The molecule has 0 fully saturated rings. The lowest BCUT2D eigenvalue weighted by atomic mass is 9.96. The quantitative estimate of drug-likeness (QED) is 0.124. The Bertz CT molecular complexity index is 2280. The van der Waals surface area contributed by atoms with Gasteiger partial charge in [-0.2, -0.15) is 0 Å². The first-order chi connectivity index (χ1) is 23.3. The number of fused-ring (bicyclic) bond motifs is 6. The van der Waals surface area contributed by atoms with Gasteiger partial charge in [-0.05, 0) is 84.9 Å². The highest BCUT2D eigenvalue weighted by Crippen LogP contribution is 2.38. The van der Waals surface area contributed by atoms with E-state index in [0.29, 0.717) is 0 Å². The fraction of sp³-hybridized carbons (Fsp3) is 0. The van der Waals surface area contributed by atoms with Gasteiger partial charge >= 0.3 is 0 Å². The summed E-state index contributed by atoms with van der Waals surface area (Å²) in [6, 6.07) is 61.5. The maximum atomic E-state index is 2.43. The zero-order valence-corrected chi connectivity index (χ0v) is 27.8. The number of hydrogen-bond acceptors (Lipinski definition) is 1. The molecule has 2 heterocycles. The number of para-hydroxylation sites is 4. The highest BCUT2D eigenvalue weighted by atomic mass is 127. The average molecular weight is 713 g/mol. The van der Waals surface area contributed by atoms with Crippen molar-refractivity contribution in [1.82, 2.24) is 9.13 Å². The lowest BCUT2D eigenvalue weighted by Crippen LogP contribution is -2.13. The first kappa shape index (κ1) is 28.0. The number of benzene rings is 7. The predicted octanol–water partition coefficient (Wildman–Crippen LogP) is 10.8. The van der Waals surface area contributed by atoms with Crippen molar-refractivity contribution in [3.05, 3.63) is 170 Å². The summed E-state index contributed by atoms with van der Waals surface area (Å²) in [6.45, 7) is 0. The van der Waals surface area contributed by atoms with Crippen molar-refractivity contribution in [3.63, 3.8) is 0 Å². The smallest absolute Gasteiger partial charge is 0.232 e. The molecule has 3 nitrogen and oxygen atoms in total. The molecule has 9 rings (SSSR count). The Morgan fingerprint density at radius 2 is 0.660 bits per heavy atom. The Labute approximate surface area is 287 Å². The third kappa shape index (κ3) is 4.64. The molecular weight excluding hydrogens is 684 g/mol. The van der Waals surface area contributed by atoms with Crippen LogP contribution < -0.4 is 10.4 Å². The first-order valence-corrected chi connectivity index (χ1v) is 17.4. The lowest BCUT2D eigenvalue weighted by molar-refractivity contribution is 1.17. The number of hydrogen-bond donors (Lipinski definition) is 0. The Morgan fingerprint density at radius 1 is 0.362 bits per heavy atom. The van der Waals surface area contributed by atoms with Crippen LogP contribution >= 0.6 is 22.4 Å². The SMILES string of the molecule is IBc1ccc(N(c2ccc(-n3c4ccccc4c4ccccc43)cc2)c2ccc(-n3c4ccccc4c4ccccc43)cc2)cc1. The topological polar surface area (TPSA) is 13.1 Å². The predicted molar refractivity (Wildman–Crippen MR) is 211 cm³/mol. The molecule has 0 N–H and O–H groups in total. The number of rotatable bonds is 6. The Morgan fingerprint density at radius 3 is 0.979 bits per heavy atom. The molecule has 0 aliphatic carbocycles. The Hall–Kier alpha value is -5.27. The van der Waals surface area contributed by atoms with Crippen molar-refractivity contribution in [2.24, 2.45) is 0 Å². The maximum absolute atomic E-state index is 2.43. The number of halogens is 1. The van der Waals surface area contributed by atoms with Crippen molar-refractivity contribution in [2.75, 3.05) is 4.90 Å². The molecule has 0 atom stereocenters. The van der Waals surface area contributed by atoms with E-state index in [9.17, 15) is 0 Å². The molecule has 0 aliphatic rings. The summed E-state index contributed by atoms with van der Waals surface area (Å²) in [6.07, 6.45) is 0. The van der Waals surface area contributed by atoms with E-state index in [-0.39, 0.29) is 0 Å². The lowest BCUT2D eigenvalue weighted by Gasteiger charge is -2.26. The maximum Gasteiger partial charge on any atom is 0.232 e. The van der Waals surface area contributed by atoms with Gasteiger partial charge in [-0.3, -0.25) is 0 Å². The van der Waals surface area contributed by atoms with E-state index in [1.54, 1.807) is 0 Å². The van der Waals surface area contributed by atoms with Crippen molar-refractivity contribution in [1.29, 1.82) is 0 Å². The zero-order valence-electron chi connectivity index (χ0n) is 25.6. The second-order valence-corrected chi connectivity index (χ2v) is 12.7. The van der Waals surface area contributed by atoms with Crippen LogP contribution in [0.2, 0.25) is 0 Å². The third-order valence-electron chi connectivity index (χ3n) is 9.24. The third-order valence-corrected chi connectivity index (χ3v) is 10.1. The van der Waals surface area contributed by atoms with E-state index in [2.05, 4.69) is 206 Å². The highest BCUT2D eigenvalue weighted by Gasteiger charge is 2.17. The number of aromatic nitrogens is 2. The van der Waals surface area contributed by atoms with E-state index >= 15 is 0 Å². The Balaban J connectivity index is 1.16. The molecule has 47 heavy (non-hydrogen) atoms. The second kappa shape index (κ2) is 11.5. The van der Waals surface area contributed by atoms with Crippen LogP contribution in [0.3, 0.4) is 0 Å². The monoisotopic (exact) mass is 713 g/mol. The van der Waals surface area contributed by atoms with Crippen LogP contribution in [0.1, 0.15) is 0 Å². The molecule has 7 aromatic carbocycles. The zero-order chi connectivity index (χ0) is 31.3. The van der Waals surface area contributed by atoms with Crippen LogP contribution in [-0.2, 0) is 0 Å². The van der Waals surface area contributed by atoms with E-state index in [1.807, 2.05) is 0 Å². The molecule has 2 aromatic heterocycles. The summed E-state index contributed by atoms with van der Waals surface area (Å²) < 4.78 is 4.74. The van der Waals surface area contributed by atoms with E-state index in [4.69, 9.17) is 0 Å². The summed E-state index contributed by atoms with van der Waals surface area (Å²) in [5.74, 6) is 0. The minimum atomic E-state index is 0.985. The normalized spacial score (nSPS) is 11.5. The summed E-state index contributed by atoms with van der Waals surface area (Å²) in [5, 5.41) is 6.07. The number of nitrogens with zero attached hydrogens (tertiary/aromatic N) is 3. The highest BCUT2D eigenvalue weighted by molar-refractivity contribution is 14.1. The van der Waals surface area contributed by atoms with Gasteiger partial charge in [0.25, 0.3) is 0 Å². The summed E-state index contributed by atoms with van der Waals surface area (Å²) >= 11 is 2.43. The number of anilines is 3. The van der Waals surface area contributed by atoms with E-state index in [1.165, 1.54) is 49.1 Å². The molecule has 0 saturated carbocycles. The molecule has 0 saturated heterocycles. The summed E-state index contributed by atoms with van der Waals surface area (Å²) in [7, 11) is 0. The van der Waals surface area contributed by atoms with Crippen molar-refractivity contribution in [2.45, 2.75) is 0 Å². The molecule has 0 amide bonds. The van der Waals surface area contributed by atoms with Crippen LogP contribution in [0, 0.1) is 0 Å². The van der Waals surface area contributed by atoms with E-state index in [0.717, 1.165) is 33.6 Å². The average Bonchev–Trinajstić information content (AvgIpc) is 3.66. The molecule has 0 radical (unpaired) electrons. The minimum Gasteiger partial charge on any atom is -0.311 e. The van der Waals surface area contributed by atoms with Gasteiger partial charge in [0, 0.05) is 50.0 Å². The van der Waals surface area contributed by atoms with Gasteiger partial charge in [-0.15, -0.1) is 22.4 Å². The van der Waals surface area contributed by atoms with Crippen molar-refractivity contribution < 1.29 is 0 Å². The standard InChI is InChI=1S/C42H29BIN3/c44-43-29-17-19-30(20-18-29)45(31-21-25-33(26-22-31)46-39-13-5-1-9-35(39)36-10-2-6-14-40(36)46)32-23-27-34(28-24-32)47-41-15-7-3-11-37(41)38-12-4-8-16-42(38)47/h1-28,43H. The van der Waals surface area contributed by atoms with Crippen LogP contribution in [0.25, 0.3) is 55.0 Å². The molecule has 222 valence electrons. The van der Waals surface area contributed by atoms with Crippen LogP contribution in [-0.4, -0.2) is 14.3 Å². The van der Waals surface area contributed by atoms with Crippen molar-refractivity contribution in [3.8, 4) is 11.4 Å². The van der Waals surface area contributed by atoms with Gasteiger partial charge < -0.3 is 14.0 Å². The van der Waals surface area contributed by atoms with Crippen LogP contribution in [0.4, 0.5) is 17.1 Å². The molecule has 5 heteroatoms. The van der Waals surface area contributed by atoms with Gasteiger partial charge in [0.05, 0.1) is 22.1 Å². The largest absolute Gasteiger partial charge is 0.311 e. The first-order valence-electron chi connectivity index (χ1n) is 15.9. The summed E-state index contributed by atoms with van der Waals surface area (Å²) in [4.78, 5) is 2.35. The molecule has 0 unspecified atom stereocenters. The fourth-order valence-electron chi connectivity index (χ4n) is 7.08. The van der Waals surface area contributed by atoms with Crippen LogP contribution in [0.15, 0.2) is 170 Å². The minimum absolute atomic E-state index is 0.985. The fourth-order valence-corrected chi connectivity index (χ4v) is 7.59. The van der Waals surface area contributed by atoms with Gasteiger partial charge in [0.15, 0.2) is 0 Å². The van der Waals surface area contributed by atoms with Crippen LogP contribution in [0.5, 0.6) is 0 Å². The Kier molecular flexibility index (Phi) is 6.86.